The third-order valence-corrected chi connectivity index (χ3v) is 6.18. The zero-order valence-corrected chi connectivity index (χ0v) is 20.5. The molecule has 0 aliphatic carbocycles. The predicted octanol–water partition coefficient (Wildman–Crippen LogP) is 3.97. The van der Waals surface area contributed by atoms with Gasteiger partial charge in [-0.05, 0) is 31.5 Å². The second-order valence-electron chi connectivity index (χ2n) is 7.40. The van der Waals surface area contributed by atoms with Gasteiger partial charge in [-0.3, -0.25) is 14.4 Å². The molecule has 2 amide bonds. The van der Waals surface area contributed by atoms with Crippen LogP contribution in [-0.2, 0) is 25.5 Å². The minimum absolute atomic E-state index is 0.0298. The molecule has 2 heterocycles. The van der Waals surface area contributed by atoms with Crippen LogP contribution in [0, 0.1) is 6.92 Å². The van der Waals surface area contributed by atoms with Crippen molar-refractivity contribution in [2.45, 2.75) is 26.7 Å². The predicted molar refractivity (Wildman–Crippen MR) is 130 cm³/mol. The number of amides is 2. The Morgan fingerprint density at radius 2 is 1.77 bits per heavy atom. The first-order chi connectivity index (χ1) is 16.8. The molecule has 0 radical (unpaired) electrons. The summed E-state index contributed by atoms with van der Waals surface area (Å²) in [7, 11) is 1.47. The van der Waals surface area contributed by atoms with Crippen molar-refractivity contribution in [2.24, 2.45) is 0 Å². The van der Waals surface area contributed by atoms with Gasteiger partial charge in [0.25, 0.3) is 11.8 Å². The van der Waals surface area contributed by atoms with E-state index in [1.165, 1.54) is 7.05 Å². The average Bonchev–Trinajstić information content (AvgIpc) is 3.46. The van der Waals surface area contributed by atoms with Gasteiger partial charge < -0.3 is 24.5 Å². The number of aryl methyl sites for hydroxylation is 1. The smallest absolute Gasteiger partial charge is 0.341 e. The Morgan fingerprint density at radius 3 is 2.46 bits per heavy atom. The number of carbonyl (C=O) groups excluding carboxylic acids is 4. The van der Waals surface area contributed by atoms with Crippen molar-refractivity contribution in [3.05, 3.63) is 64.2 Å². The van der Waals surface area contributed by atoms with Gasteiger partial charge in [-0.25, -0.2) is 4.79 Å². The first-order valence-electron chi connectivity index (χ1n) is 11.0. The van der Waals surface area contributed by atoms with Crippen LogP contribution < -0.4 is 10.6 Å². The summed E-state index contributed by atoms with van der Waals surface area (Å²) in [5.41, 5.74) is 1.43. The van der Waals surface area contributed by atoms with Crippen LogP contribution >= 0.6 is 11.3 Å². The van der Waals surface area contributed by atoms with Crippen LogP contribution in [0.4, 0.5) is 5.00 Å². The molecule has 35 heavy (non-hydrogen) atoms. The number of carbonyl (C=O) groups is 4. The van der Waals surface area contributed by atoms with Crippen molar-refractivity contribution < 1.29 is 33.1 Å². The number of nitrogens with one attached hydrogen (secondary N) is 2. The van der Waals surface area contributed by atoms with Gasteiger partial charge in [0.15, 0.2) is 6.61 Å². The standard InChI is InChI=1S/C25H26N2O7S/c1-4-32-25(31)21-15(2)22(23(30)26-3)35-24(21)27-19(28)14-33-20(29)13-11-17-10-12-18(34-17)16-8-6-5-7-9-16/h5-10,12H,4,11,13-14H2,1-3H3,(H,26,30)(H,27,28). The monoisotopic (exact) mass is 498 g/mol. The first kappa shape index (κ1) is 25.7. The maximum atomic E-state index is 12.4. The minimum Gasteiger partial charge on any atom is -0.462 e. The van der Waals surface area contributed by atoms with Gasteiger partial charge in [0.05, 0.1) is 23.5 Å². The largest absolute Gasteiger partial charge is 0.462 e. The van der Waals surface area contributed by atoms with E-state index in [9.17, 15) is 19.2 Å². The molecule has 0 unspecified atom stereocenters. The third-order valence-electron chi connectivity index (χ3n) is 4.97. The van der Waals surface area contributed by atoms with Gasteiger partial charge in [0, 0.05) is 19.0 Å². The number of furan rings is 1. The Labute approximate surface area is 206 Å². The van der Waals surface area contributed by atoms with Crippen molar-refractivity contribution >= 4 is 40.1 Å². The summed E-state index contributed by atoms with van der Waals surface area (Å²) in [5, 5.41) is 5.20. The van der Waals surface area contributed by atoms with Crippen LogP contribution in [0.3, 0.4) is 0 Å². The molecule has 184 valence electrons. The normalized spacial score (nSPS) is 10.5. The Kier molecular flexibility index (Phi) is 8.80. The van der Waals surface area contributed by atoms with Crippen molar-refractivity contribution in [1.29, 1.82) is 0 Å². The molecule has 1 aromatic carbocycles. The topological polar surface area (TPSA) is 124 Å². The fourth-order valence-corrected chi connectivity index (χ4v) is 4.41. The zero-order valence-electron chi connectivity index (χ0n) is 19.6. The van der Waals surface area contributed by atoms with Gasteiger partial charge in [-0.15, -0.1) is 11.3 Å². The summed E-state index contributed by atoms with van der Waals surface area (Å²) in [6.07, 6.45) is 0.349. The molecule has 0 spiro atoms. The van der Waals surface area contributed by atoms with Crippen molar-refractivity contribution in [1.82, 2.24) is 5.32 Å². The van der Waals surface area contributed by atoms with Gasteiger partial charge in [-0.1, -0.05) is 30.3 Å². The number of esters is 2. The van der Waals surface area contributed by atoms with E-state index in [4.69, 9.17) is 13.9 Å². The number of anilines is 1. The lowest BCUT2D eigenvalue weighted by Crippen LogP contribution is -2.22. The maximum Gasteiger partial charge on any atom is 0.341 e. The molecule has 3 rings (SSSR count). The summed E-state index contributed by atoms with van der Waals surface area (Å²) in [4.78, 5) is 49.3. The number of thiophene rings is 1. The van der Waals surface area contributed by atoms with Crippen molar-refractivity contribution in [3.8, 4) is 11.3 Å². The van der Waals surface area contributed by atoms with E-state index in [2.05, 4.69) is 10.6 Å². The molecule has 3 aromatic rings. The molecule has 0 aliphatic heterocycles. The lowest BCUT2D eigenvalue weighted by atomic mass is 10.1. The maximum absolute atomic E-state index is 12.4. The number of hydrogen-bond acceptors (Lipinski definition) is 8. The number of benzene rings is 1. The number of rotatable bonds is 10. The van der Waals surface area contributed by atoms with Crippen molar-refractivity contribution in [3.63, 3.8) is 0 Å². The summed E-state index contributed by atoms with van der Waals surface area (Å²) in [6, 6.07) is 13.2. The van der Waals surface area contributed by atoms with Gasteiger partial charge >= 0.3 is 11.9 Å². The minimum atomic E-state index is -0.656. The highest BCUT2D eigenvalue weighted by molar-refractivity contribution is 7.18. The van der Waals surface area contributed by atoms with E-state index < -0.39 is 30.4 Å². The number of ether oxygens (including phenoxy) is 2. The fourth-order valence-electron chi connectivity index (χ4n) is 3.26. The summed E-state index contributed by atoms with van der Waals surface area (Å²) in [5.74, 6) is -0.932. The SMILES string of the molecule is CCOC(=O)c1c(NC(=O)COC(=O)CCc2ccc(-c3ccccc3)o2)sc(C(=O)NC)c1C. The van der Waals surface area contributed by atoms with Gasteiger partial charge in [0.1, 0.15) is 16.5 Å². The molecular formula is C25H26N2O7S. The van der Waals surface area contributed by atoms with E-state index in [1.54, 1.807) is 19.9 Å². The summed E-state index contributed by atoms with van der Waals surface area (Å²) in [6.45, 7) is 2.85. The molecule has 2 aromatic heterocycles. The lowest BCUT2D eigenvalue weighted by Gasteiger charge is -2.08. The molecule has 10 heteroatoms. The molecule has 0 aliphatic rings. The highest BCUT2D eigenvalue weighted by Crippen LogP contribution is 2.33. The van der Waals surface area contributed by atoms with Gasteiger partial charge in [0.2, 0.25) is 0 Å². The van der Waals surface area contributed by atoms with Crippen LogP contribution in [0.5, 0.6) is 0 Å². The van der Waals surface area contributed by atoms with Crippen LogP contribution in [-0.4, -0.2) is 44.0 Å². The number of hydrogen-bond donors (Lipinski definition) is 2. The second-order valence-corrected chi connectivity index (χ2v) is 8.42. The van der Waals surface area contributed by atoms with E-state index in [0.717, 1.165) is 16.9 Å². The fraction of sp³-hybridized carbons (Fsp3) is 0.280. The van der Waals surface area contributed by atoms with E-state index in [-0.39, 0.29) is 28.5 Å². The Bertz CT molecular complexity index is 1210. The quantitative estimate of drug-likeness (QED) is 0.405. The lowest BCUT2D eigenvalue weighted by molar-refractivity contribution is -0.147. The van der Waals surface area contributed by atoms with Crippen molar-refractivity contribution in [2.75, 3.05) is 25.6 Å². The summed E-state index contributed by atoms with van der Waals surface area (Å²) >= 11 is 0.946. The molecule has 9 nitrogen and oxygen atoms in total. The molecule has 2 N–H and O–H groups in total. The molecule has 0 fully saturated rings. The van der Waals surface area contributed by atoms with Crippen LogP contribution in [0.15, 0.2) is 46.9 Å². The van der Waals surface area contributed by atoms with Crippen LogP contribution in [0.25, 0.3) is 11.3 Å². The summed E-state index contributed by atoms with van der Waals surface area (Å²) < 4.78 is 15.9. The zero-order chi connectivity index (χ0) is 25.4. The molecule has 0 saturated heterocycles. The Morgan fingerprint density at radius 1 is 1.03 bits per heavy atom. The third kappa shape index (κ3) is 6.57. The van der Waals surface area contributed by atoms with E-state index >= 15 is 0 Å². The Hall–Kier alpha value is -3.92. The molecule has 0 saturated carbocycles. The highest BCUT2D eigenvalue weighted by atomic mass is 32.1. The second kappa shape index (κ2) is 12.0. The Balaban J connectivity index is 1.55. The van der Waals surface area contributed by atoms with E-state index in [1.807, 2.05) is 36.4 Å². The van der Waals surface area contributed by atoms with E-state index in [0.29, 0.717) is 23.5 Å². The molecule has 0 atom stereocenters. The van der Waals surface area contributed by atoms with Gasteiger partial charge in [-0.2, -0.15) is 0 Å². The molecule has 0 bridgehead atoms. The first-order valence-corrected chi connectivity index (χ1v) is 11.8. The highest BCUT2D eigenvalue weighted by Gasteiger charge is 2.26. The van der Waals surface area contributed by atoms with Crippen LogP contribution in [0.1, 0.15) is 44.7 Å². The van der Waals surface area contributed by atoms with Crippen LogP contribution in [0.2, 0.25) is 0 Å². The molecular weight excluding hydrogens is 472 g/mol. The average molecular weight is 499 g/mol.